The van der Waals surface area contributed by atoms with Gasteiger partial charge in [-0.2, -0.15) is 0 Å². The maximum absolute atomic E-state index is 13.8. The fourth-order valence-electron chi connectivity index (χ4n) is 5.16. The molecule has 0 fully saturated rings. The van der Waals surface area contributed by atoms with Crippen LogP contribution in [0.1, 0.15) is 40.3 Å². The molecule has 2 heterocycles. The molecular formula is C29H23N3O4S. The van der Waals surface area contributed by atoms with Gasteiger partial charge in [-0.25, -0.2) is 4.99 Å². The van der Waals surface area contributed by atoms with E-state index < -0.39 is 4.92 Å². The van der Waals surface area contributed by atoms with Crippen LogP contribution in [0.15, 0.2) is 82.1 Å². The monoisotopic (exact) mass is 509 g/mol. The summed E-state index contributed by atoms with van der Waals surface area (Å²) in [6.07, 6.45) is 3.41. The lowest BCUT2D eigenvalue weighted by Gasteiger charge is -2.30. The molecule has 0 radical (unpaired) electrons. The van der Waals surface area contributed by atoms with E-state index in [0.29, 0.717) is 14.9 Å². The fourth-order valence-corrected chi connectivity index (χ4v) is 6.16. The number of fused-ring (bicyclic) bond motifs is 3. The molecule has 2 aliphatic rings. The lowest BCUT2D eigenvalue weighted by molar-refractivity contribution is -0.385. The number of aryl methyl sites for hydroxylation is 2. The van der Waals surface area contributed by atoms with Gasteiger partial charge in [0.05, 0.1) is 28.3 Å². The van der Waals surface area contributed by atoms with Crippen LogP contribution in [0.5, 0.6) is 5.75 Å². The molecule has 0 spiro atoms. The Bertz CT molecular complexity index is 1780. The minimum absolute atomic E-state index is 0.145. The second kappa shape index (κ2) is 8.97. The number of hydrogen-bond acceptors (Lipinski definition) is 6. The number of allylic oxidation sites excluding steroid dienone is 1. The van der Waals surface area contributed by atoms with Crippen molar-refractivity contribution in [1.29, 1.82) is 0 Å². The predicted octanol–water partition coefficient (Wildman–Crippen LogP) is 4.54. The highest BCUT2D eigenvalue weighted by Crippen LogP contribution is 2.41. The molecule has 0 N–H and O–H groups in total. The van der Waals surface area contributed by atoms with Crippen molar-refractivity contribution in [3.8, 4) is 5.75 Å². The molecule has 7 nitrogen and oxygen atoms in total. The molecule has 1 aromatic heterocycles. The van der Waals surface area contributed by atoms with Crippen LogP contribution >= 0.6 is 11.3 Å². The van der Waals surface area contributed by atoms with E-state index in [-0.39, 0.29) is 23.0 Å². The normalized spacial score (nSPS) is 16.5. The molecule has 3 aromatic carbocycles. The fraction of sp³-hybridized carbons (Fsp3) is 0.172. The van der Waals surface area contributed by atoms with E-state index in [1.54, 1.807) is 22.8 Å². The zero-order valence-corrected chi connectivity index (χ0v) is 21.1. The summed E-state index contributed by atoms with van der Waals surface area (Å²) in [5.41, 5.74) is 6.91. The quantitative estimate of drug-likeness (QED) is 0.299. The third-order valence-corrected chi connectivity index (χ3v) is 7.95. The van der Waals surface area contributed by atoms with Crippen LogP contribution in [0.25, 0.3) is 11.8 Å². The number of methoxy groups -OCH3 is 1. The van der Waals surface area contributed by atoms with Crippen LogP contribution < -0.4 is 19.6 Å². The Morgan fingerprint density at radius 2 is 1.89 bits per heavy atom. The minimum atomic E-state index is -0.485. The third-order valence-electron chi connectivity index (χ3n) is 6.96. The molecule has 0 bridgehead atoms. The van der Waals surface area contributed by atoms with Gasteiger partial charge in [0.25, 0.3) is 5.56 Å². The highest BCUT2D eigenvalue weighted by atomic mass is 32.1. The van der Waals surface area contributed by atoms with Gasteiger partial charge in [-0.15, -0.1) is 0 Å². The first-order chi connectivity index (χ1) is 17.9. The van der Waals surface area contributed by atoms with Crippen molar-refractivity contribution in [1.82, 2.24) is 4.57 Å². The van der Waals surface area contributed by atoms with Crippen molar-refractivity contribution in [2.45, 2.75) is 25.8 Å². The summed E-state index contributed by atoms with van der Waals surface area (Å²) in [5, 5.41) is 11.5. The Morgan fingerprint density at radius 3 is 2.65 bits per heavy atom. The van der Waals surface area contributed by atoms with E-state index in [1.165, 1.54) is 30.1 Å². The van der Waals surface area contributed by atoms with Gasteiger partial charge in [0, 0.05) is 11.6 Å². The van der Waals surface area contributed by atoms with E-state index in [2.05, 4.69) is 36.4 Å². The Balaban J connectivity index is 1.58. The van der Waals surface area contributed by atoms with Crippen LogP contribution in [-0.2, 0) is 6.42 Å². The Kier molecular flexibility index (Phi) is 5.61. The molecule has 1 atom stereocenters. The number of aromatic nitrogens is 1. The van der Waals surface area contributed by atoms with Crippen molar-refractivity contribution in [3.63, 3.8) is 0 Å². The Morgan fingerprint density at radius 1 is 1.11 bits per heavy atom. The summed E-state index contributed by atoms with van der Waals surface area (Å²) in [5.74, 6) is 0.175. The number of benzene rings is 3. The summed E-state index contributed by atoms with van der Waals surface area (Å²) < 4.78 is 7.38. The van der Waals surface area contributed by atoms with Crippen molar-refractivity contribution in [3.05, 3.63) is 130 Å². The van der Waals surface area contributed by atoms with Crippen LogP contribution in [0.2, 0.25) is 0 Å². The summed E-state index contributed by atoms with van der Waals surface area (Å²) in [7, 11) is 1.39. The van der Waals surface area contributed by atoms with Gasteiger partial charge >= 0.3 is 5.69 Å². The second-order valence-corrected chi connectivity index (χ2v) is 10.2. The number of nitrogens with zero attached hydrogens (tertiary/aromatic N) is 3. The lowest BCUT2D eigenvalue weighted by Crippen LogP contribution is -2.38. The zero-order valence-electron chi connectivity index (χ0n) is 20.3. The summed E-state index contributed by atoms with van der Waals surface area (Å²) >= 11 is 1.31. The van der Waals surface area contributed by atoms with E-state index in [0.717, 1.165) is 40.8 Å². The number of rotatable bonds is 4. The van der Waals surface area contributed by atoms with Crippen molar-refractivity contribution >= 4 is 28.8 Å². The predicted molar refractivity (Wildman–Crippen MR) is 144 cm³/mol. The number of hydrogen-bond donors (Lipinski definition) is 0. The maximum Gasteiger partial charge on any atom is 0.311 e. The first-order valence-electron chi connectivity index (χ1n) is 12.0. The van der Waals surface area contributed by atoms with Crippen LogP contribution in [-0.4, -0.2) is 16.6 Å². The average molecular weight is 510 g/mol. The second-order valence-electron chi connectivity index (χ2n) is 9.21. The molecule has 37 heavy (non-hydrogen) atoms. The molecule has 184 valence electrons. The first kappa shape index (κ1) is 23.1. The minimum Gasteiger partial charge on any atom is -0.490 e. The lowest BCUT2D eigenvalue weighted by atomic mass is 9.83. The SMILES string of the molecule is COc1ccc(C=c2sc3n(c2=O)C(c2ccc(C)cc2)C2=C(N=3)c3ccccc3CC2)cc1[N+](=O)[O-]. The van der Waals surface area contributed by atoms with Crippen LogP contribution in [0.3, 0.4) is 0 Å². The average Bonchev–Trinajstić information content (AvgIpc) is 3.22. The van der Waals surface area contributed by atoms with E-state index >= 15 is 0 Å². The first-order valence-corrected chi connectivity index (χ1v) is 12.8. The number of nitro benzene ring substituents is 1. The van der Waals surface area contributed by atoms with Crippen molar-refractivity contribution in [2.75, 3.05) is 7.11 Å². The van der Waals surface area contributed by atoms with Gasteiger partial charge in [-0.05, 0) is 54.2 Å². The van der Waals surface area contributed by atoms with Crippen molar-refractivity contribution in [2.24, 2.45) is 4.99 Å². The topological polar surface area (TPSA) is 86.7 Å². The summed E-state index contributed by atoms with van der Waals surface area (Å²) in [6, 6.07) is 21.0. The largest absolute Gasteiger partial charge is 0.490 e. The van der Waals surface area contributed by atoms with Crippen LogP contribution in [0.4, 0.5) is 5.69 Å². The number of ether oxygens (including phenoxy) is 1. The molecule has 1 unspecified atom stereocenters. The van der Waals surface area contributed by atoms with Gasteiger partial charge in [0.2, 0.25) is 0 Å². The molecule has 8 heteroatoms. The van der Waals surface area contributed by atoms with Gasteiger partial charge in [0.1, 0.15) is 0 Å². The number of nitro groups is 1. The van der Waals surface area contributed by atoms with Gasteiger partial charge in [0.15, 0.2) is 10.6 Å². The van der Waals surface area contributed by atoms with E-state index in [9.17, 15) is 14.9 Å². The molecule has 1 aliphatic carbocycles. The molecule has 1 aliphatic heterocycles. The van der Waals surface area contributed by atoms with Gasteiger partial charge < -0.3 is 4.74 Å². The molecule has 4 aromatic rings. The molecule has 6 rings (SSSR count). The molecule has 0 amide bonds. The van der Waals surface area contributed by atoms with Gasteiger partial charge in [-0.3, -0.25) is 19.5 Å². The molecule has 0 saturated heterocycles. The molecular weight excluding hydrogens is 486 g/mol. The maximum atomic E-state index is 13.8. The molecule has 0 saturated carbocycles. The highest BCUT2D eigenvalue weighted by molar-refractivity contribution is 7.07. The van der Waals surface area contributed by atoms with Gasteiger partial charge in [-0.1, -0.05) is 71.5 Å². The Labute approximate surface area is 216 Å². The zero-order chi connectivity index (χ0) is 25.7. The van der Waals surface area contributed by atoms with E-state index in [1.807, 2.05) is 19.1 Å². The number of thiazole rings is 1. The Hall–Kier alpha value is -4.30. The highest BCUT2D eigenvalue weighted by Gasteiger charge is 2.32. The van der Waals surface area contributed by atoms with Crippen LogP contribution in [0, 0.1) is 17.0 Å². The summed E-state index contributed by atoms with van der Waals surface area (Å²) in [6.45, 7) is 2.05. The van der Waals surface area contributed by atoms with Crippen molar-refractivity contribution < 1.29 is 9.66 Å². The third kappa shape index (κ3) is 3.90. The van der Waals surface area contributed by atoms with E-state index in [4.69, 9.17) is 9.73 Å². The standard InChI is InChI=1S/C29H23N3O4S/c1-17-7-10-20(11-8-17)27-22-13-12-19-5-3-4-6-21(19)26(22)30-29-31(27)28(33)25(37-29)16-18-9-14-24(36-2)23(15-18)32(34)35/h3-11,14-16,27H,12-13H2,1-2H3. The summed E-state index contributed by atoms with van der Waals surface area (Å²) in [4.78, 5) is 30.5. The smallest absolute Gasteiger partial charge is 0.311 e.